The van der Waals surface area contributed by atoms with Gasteiger partial charge in [-0.05, 0) is 30.6 Å². The summed E-state index contributed by atoms with van der Waals surface area (Å²) in [4.78, 5) is 24.9. The number of carboxylic acid groups (broad SMARTS) is 1. The van der Waals surface area contributed by atoms with E-state index in [2.05, 4.69) is 0 Å². The first kappa shape index (κ1) is 15.5. The molecule has 0 saturated heterocycles. The lowest BCUT2D eigenvalue weighted by molar-refractivity contribution is -0.121. The Morgan fingerprint density at radius 3 is 2.70 bits per heavy atom. The molecule has 0 aliphatic carbocycles. The van der Waals surface area contributed by atoms with Gasteiger partial charge in [0.25, 0.3) is 0 Å². The Hall–Kier alpha value is -2.44. The summed E-state index contributed by atoms with van der Waals surface area (Å²) in [7, 11) is 0. The normalized spacial score (nSPS) is 24.8. The van der Waals surface area contributed by atoms with Crippen LogP contribution in [-0.4, -0.2) is 45.6 Å². The summed E-state index contributed by atoms with van der Waals surface area (Å²) < 4.78 is 0. The second-order valence-electron chi connectivity index (χ2n) is 5.77. The number of hydroxylamine groups is 2. The fraction of sp³-hybridized carbons (Fsp3) is 0.294. The molecular formula is C17H17N2O4-. The third-order valence-corrected chi connectivity index (χ3v) is 4.37. The molecule has 0 fully saturated rings. The molecule has 2 unspecified atom stereocenters. The zero-order chi connectivity index (χ0) is 16.6. The highest BCUT2D eigenvalue weighted by atomic mass is 16.5. The van der Waals surface area contributed by atoms with Crippen LogP contribution in [0.25, 0.3) is 0 Å². The first-order chi connectivity index (χ1) is 11.0. The van der Waals surface area contributed by atoms with E-state index in [1.54, 1.807) is 13.0 Å². The smallest absolute Gasteiger partial charge is 0.411 e. The molecule has 6 nitrogen and oxygen atoms in total. The van der Waals surface area contributed by atoms with E-state index in [1.165, 1.54) is 6.20 Å². The van der Waals surface area contributed by atoms with Gasteiger partial charge >= 0.3 is 6.09 Å². The first-order valence-corrected chi connectivity index (χ1v) is 7.43. The van der Waals surface area contributed by atoms with Crippen LogP contribution in [0.4, 0.5) is 4.79 Å². The van der Waals surface area contributed by atoms with E-state index in [4.69, 9.17) is 5.11 Å². The minimum absolute atomic E-state index is 0.00344. The molecule has 6 heteroatoms. The van der Waals surface area contributed by atoms with Crippen LogP contribution in [0.2, 0.25) is 0 Å². The van der Waals surface area contributed by atoms with Gasteiger partial charge in [-0.15, -0.1) is 0 Å². The van der Waals surface area contributed by atoms with Crippen LogP contribution in [0.1, 0.15) is 12.5 Å². The Morgan fingerprint density at radius 2 is 2.04 bits per heavy atom. The maximum atomic E-state index is 12.7. The van der Waals surface area contributed by atoms with E-state index >= 15 is 0 Å². The molecule has 0 saturated carbocycles. The van der Waals surface area contributed by atoms with Crippen molar-refractivity contribution < 1.29 is 14.7 Å². The van der Waals surface area contributed by atoms with E-state index in [1.807, 2.05) is 30.3 Å². The summed E-state index contributed by atoms with van der Waals surface area (Å²) in [5.41, 5.74) is 1.95. The number of hydrogen-bond acceptors (Lipinski definition) is 4. The van der Waals surface area contributed by atoms with Crippen molar-refractivity contribution in [2.45, 2.75) is 25.4 Å². The van der Waals surface area contributed by atoms with Crippen LogP contribution in [0.3, 0.4) is 0 Å². The molecule has 120 valence electrons. The van der Waals surface area contributed by atoms with Gasteiger partial charge in [0.15, 0.2) is 5.78 Å². The Kier molecular flexibility index (Phi) is 4.02. The van der Waals surface area contributed by atoms with Crippen molar-refractivity contribution in [3.63, 3.8) is 0 Å². The number of carbonyl (C=O) groups excluding carboxylic acids is 1. The van der Waals surface area contributed by atoms with Crippen LogP contribution in [0, 0.1) is 5.21 Å². The molecule has 2 atom stereocenters. The van der Waals surface area contributed by atoms with E-state index < -0.39 is 18.2 Å². The quantitative estimate of drug-likeness (QED) is 0.904. The lowest BCUT2D eigenvalue weighted by Gasteiger charge is -2.47. The SMILES string of the molecule is CC1C2=C(CN(C(=O)O)C=C2)C(=O)C(Cc2ccccc2)N1[O-]. The average Bonchev–Trinajstić information content (AvgIpc) is 2.57. The maximum absolute atomic E-state index is 12.7. The Balaban J connectivity index is 1.90. The lowest BCUT2D eigenvalue weighted by atomic mass is 9.85. The van der Waals surface area contributed by atoms with Crippen LogP contribution < -0.4 is 0 Å². The molecule has 2 aliphatic heterocycles. The summed E-state index contributed by atoms with van der Waals surface area (Å²) in [5, 5.41) is 22.4. The average molecular weight is 313 g/mol. The molecule has 2 aliphatic rings. The number of amides is 1. The fourth-order valence-electron chi connectivity index (χ4n) is 3.07. The van der Waals surface area contributed by atoms with Crippen molar-refractivity contribution in [3.05, 3.63) is 64.5 Å². The molecule has 1 aromatic carbocycles. The summed E-state index contributed by atoms with van der Waals surface area (Å²) >= 11 is 0. The first-order valence-electron chi connectivity index (χ1n) is 7.43. The fourth-order valence-corrected chi connectivity index (χ4v) is 3.07. The summed E-state index contributed by atoms with van der Waals surface area (Å²) in [6.07, 6.45) is 2.16. The number of benzene rings is 1. The van der Waals surface area contributed by atoms with Crippen LogP contribution in [-0.2, 0) is 11.2 Å². The number of rotatable bonds is 2. The second kappa shape index (κ2) is 5.98. The van der Waals surface area contributed by atoms with E-state index in [-0.39, 0.29) is 12.3 Å². The third-order valence-electron chi connectivity index (χ3n) is 4.37. The van der Waals surface area contributed by atoms with Crippen molar-refractivity contribution in [2.24, 2.45) is 0 Å². The Labute approximate surface area is 133 Å². The molecule has 0 radical (unpaired) electrons. The largest absolute Gasteiger partial charge is 0.784 e. The van der Waals surface area contributed by atoms with Gasteiger partial charge in [0, 0.05) is 17.8 Å². The standard InChI is InChI=1S/C17H17N2O4/c1-11-13-7-8-18(17(21)22)10-14(13)16(20)15(19(11)23)9-12-5-3-2-4-6-12/h2-8,11,15H,9-10H2,1H3,(H,21,22)/q-1. The van der Waals surface area contributed by atoms with Crippen molar-refractivity contribution in [1.82, 2.24) is 9.96 Å². The molecule has 0 aromatic heterocycles. The van der Waals surface area contributed by atoms with Gasteiger partial charge < -0.3 is 15.4 Å². The minimum atomic E-state index is -1.11. The van der Waals surface area contributed by atoms with Crippen LogP contribution >= 0.6 is 0 Å². The lowest BCUT2D eigenvalue weighted by Crippen LogP contribution is -2.52. The maximum Gasteiger partial charge on any atom is 0.411 e. The van der Waals surface area contributed by atoms with Crippen molar-refractivity contribution >= 4 is 11.9 Å². The molecule has 3 rings (SSSR count). The van der Waals surface area contributed by atoms with Gasteiger partial charge in [-0.2, -0.15) is 0 Å². The molecule has 1 amide bonds. The number of hydrogen-bond donors (Lipinski definition) is 1. The summed E-state index contributed by atoms with van der Waals surface area (Å²) in [5.74, 6) is -0.285. The van der Waals surface area contributed by atoms with E-state index in [0.717, 1.165) is 15.5 Å². The van der Waals surface area contributed by atoms with Crippen LogP contribution in [0.5, 0.6) is 0 Å². The highest BCUT2D eigenvalue weighted by molar-refractivity contribution is 6.03. The van der Waals surface area contributed by atoms with Gasteiger partial charge in [-0.3, -0.25) is 9.69 Å². The zero-order valence-electron chi connectivity index (χ0n) is 12.7. The Morgan fingerprint density at radius 1 is 1.35 bits per heavy atom. The topological polar surface area (TPSA) is 83.9 Å². The number of nitrogens with zero attached hydrogens (tertiary/aromatic N) is 2. The Bertz CT molecular complexity index is 696. The molecule has 0 bridgehead atoms. The van der Waals surface area contributed by atoms with Crippen molar-refractivity contribution in [2.75, 3.05) is 6.54 Å². The number of carbonyl (C=O) groups is 2. The summed E-state index contributed by atoms with van der Waals surface area (Å²) in [6.45, 7) is 1.75. The van der Waals surface area contributed by atoms with E-state index in [9.17, 15) is 14.8 Å². The third kappa shape index (κ3) is 2.78. The molecule has 23 heavy (non-hydrogen) atoms. The van der Waals surface area contributed by atoms with Crippen molar-refractivity contribution in [3.8, 4) is 0 Å². The predicted octanol–water partition coefficient (Wildman–Crippen LogP) is 2.17. The number of Topliss-reactive ketones (excluding diaryl/α,β-unsaturated/α-hetero) is 1. The van der Waals surface area contributed by atoms with Gasteiger partial charge in [0.05, 0.1) is 12.6 Å². The molecule has 2 heterocycles. The van der Waals surface area contributed by atoms with Gasteiger partial charge in [-0.1, -0.05) is 30.3 Å². The monoisotopic (exact) mass is 313 g/mol. The molecule has 1 N–H and O–H groups in total. The second-order valence-corrected chi connectivity index (χ2v) is 5.77. The van der Waals surface area contributed by atoms with Crippen molar-refractivity contribution in [1.29, 1.82) is 0 Å². The zero-order valence-corrected chi connectivity index (χ0v) is 12.7. The highest BCUT2D eigenvalue weighted by Gasteiger charge is 2.36. The van der Waals surface area contributed by atoms with Gasteiger partial charge in [0.2, 0.25) is 0 Å². The molecule has 1 aromatic rings. The minimum Gasteiger partial charge on any atom is -0.784 e. The van der Waals surface area contributed by atoms with E-state index in [0.29, 0.717) is 17.6 Å². The van der Waals surface area contributed by atoms with Gasteiger partial charge in [0.1, 0.15) is 0 Å². The van der Waals surface area contributed by atoms with Crippen LogP contribution in [0.15, 0.2) is 53.8 Å². The highest BCUT2D eigenvalue weighted by Crippen LogP contribution is 2.31. The van der Waals surface area contributed by atoms with Gasteiger partial charge in [-0.25, -0.2) is 4.79 Å². The summed E-state index contributed by atoms with van der Waals surface area (Å²) in [6, 6.07) is 8.07. The molecule has 0 spiro atoms. The predicted molar refractivity (Wildman–Crippen MR) is 84.5 cm³/mol. The number of ketones is 1. The molecular weight excluding hydrogens is 296 g/mol.